The van der Waals surface area contributed by atoms with Gasteiger partial charge in [0.15, 0.2) is 6.29 Å². The van der Waals surface area contributed by atoms with Crippen LogP contribution in [0, 0.1) is 0 Å². The molecule has 2 heterocycles. The van der Waals surface area contributed by atoms with Crippen molar-refractivity contribution in [1.82, 2.24) is 9.78 Å². The van der Waals surface area contributed by atoms with Gasteiger partial charge in [-0.25, -0.2) is 4.68 Å². The molecule has 0 saturated carbocycles. The molecule has 0 aromatic carbocycles. The van der Waals surface area contributed by atoms with E-state index in [0.29, 0.717) is 42.7 Å². The Kier molecular flexibility index (Phi) is 4.52. The van der Waals surface area contributed by atoms with Crippen molar-refractivity contribution in [3.05, 3.63) is 23.1 Å². The smallest absolute Gasteiger partial charge is 0.305 e. The van der Waals surface area contributed by atoms with Crippen LogP contribution in [0.15, 0.2) is 17.5 Å². The molecule has 7 heteroatoms. The summed E-state index contributed by atoms with van der Waals surface area (Å²) >= 11 is 1.50. The molecule has 0 aliphatic carbocycles. The lowest BCUT2D eigenvalue weighted by molar-refractivity contribution is -0.140. The van der Waals surface area contributed by atoms with E-state index in [9.17, 15) is 9.59 Å². The Labute approximate surface area is 120 Å². The third-order valence-electron chi connectivity index (χ3n) is 2.88. The van der Waals surface area contributed by atoms with E-state index in [4.69, 9.17) is 5.73 Å². The quantitative estimate of drug-likeness (QED) is 0.650. The third kappa shape index (κ3) is 2.88. The highest BCUT2D eigenvalue weighted by Crippen LogP contribution is 2.29. The second-order valence-corrected chi connectivity index (χ2v) is 5.09. The Bertz CT molecular complexity index is 605. The maximum Gasteiger partial charge on any atom is 0.305 e. The van der Waals surface area contributed by atoms with Crippen molar-refractivity contribution in [3.63, 3.8) is 0 Å². The zero-order valence-corrected chi connectivity index (χ0v) is 11.9. The topological polar surface area (TPSA) is 87.2 Å². The number of aryl methyl sites for hydroxylation is 1. The molecule has 0 saturated heterocycles. The van der Waals surface area contributed by atoms with Crippen LogP contribution < -0.4 is 5.73 Å². The Morgan fingerprint density at radius 1 is 1.60 bits per heavy atom. The number of carbonyl (C=O) groups is 2. The van der Waals surface area contributed by atoms with Gasteiger partial charge in [0.1, 0.15) is 11.5 Å². The molecule has 106 valence electrons. The van der Waals surface area contributed by atoms with Gasteiger partial charge in [0, 0.05) is 13.0 Å². The molecule has 0 radical (unpaired) electrons. The van der Waals surface area contributed by atoms with E-state index in [1.165, 1.54) is 18.4 Å². The minimum Gasteiger partial charge on any atom is -0.469 e. The molecule has 2 rings (SSSR count). The van der Waals surface area contributed by atoms with Crippen LogP contribution in [0.1, 0.15) is 23.2 Å². The number of thiophene rings is 1. The SMILES string of the molecule is COC(=O)CCCn1nc(-c2cccs2)c(C=O)c1N. The highest BCUT2D eigenvalue weighted by molar-refractivity contribution is 7.13. The number of hydrogen-bond acceptors (Lipinski definition) is 6. The minimum atomic E-state index is -0.273. The average molecular weight is 293 g/mol. The highest BCUT2D eigenvalue weighted by Gasteiger charge is 2.17. The van der Waals surface area contributed by atoms with Gasteiger partial charge in [0.2, 0.25) is 0 Å². The largest absolute Gasteiger partial charge is 0.469 e. The predicted octanol–water partition coefficient (Wildman–Crippen LogP) is 1.96. The molecule has 0 aliphatic heterocycles. The molecule has 0 spiro atoms. The number of rotatable bonds is 6. The van der Waals surface area contributed by atoms with Crippen molar-refractivity contribution in [3.8, 4) is 10.6 Å². The number of nitrogen functional groups attached to an aromatic ring is 1. The predicted molar refractivity (Wildman–Crippen MR) is 76.6 cm³/mol. The van der Waals surface area contributed by atoms with Gasteiger partial charge in [-0.05, 0) is 17.9 Å². The zero-order valence-electron chi connectivity index (χ0n) is 11.0. The molecule has 2 aromatic rings. The number of methoxy groups -OCH3 is 1. The lowest BCUT2D eigenvalue weighted by atomic mass is 10.2. The van der Waals surface area contributed by atoms with Gasteiger partial charge in [0.25, 0.3) is 0 Å². The summed E-state index contributed by atoms with van der Waals surface area (Å²) in [5.41, 5.74) is 6.91. The highest BCUT2D eigenvalue weighted by atomic mass is 32.1. The van der Waals surface area contributed by atoms with Crippen LogP contribution in [0.4, 0.5) is 5.82 Å². The molecule has 0 atom stereocenters. The molecule has 2 aromatic heterocycles. The van der Waals surface area contributed by atoms with Crippen molar-refractivity contribution in [2.75, 3.05) is 12.8 Å². The van der Waals surface area contributed by atoms with E-state index in [-0.39, 0.29) is 5.97 Å². The van der Waals surface area contributed by atoms with E-state index in [1.807, 2.05) is 17.5 Å². The first-order valence-corrected chi connectivity index (χ1v) is 6.97. The summed E-state index contributed by atoms with van der Waals surface area (Å²) in [4.78, 5) is 23.1. The second kappa shape index (κ2) is 6.33. The number of anilines is 1. The van der Waals surface area contributed by atoms with Gasteiger partial charge in [-0.1, -0.05) is 6.07 Å². The number of aromatic nitrogens is 2. The zero-order chi connectivity index (χ0) is 14.5. The van der Waals surface area contributed by atoms with E-state index in [2.05, 4.69) is 9.84 Å². The fourth-order valence-electron chi connectivity index (χ4n) is 1.85. The first-order chi connectivity index (χ1) is 9.67. The van der Waals surface area contributed by atoms with Crippen LogP contribution in [0.2, 0.25) is 0 Å². The van der Waals surface area contributed by atoms with Crippen molar-refractivity contribution in [2.45, 2.75) is 19.4 Å². The van der Waals surface area contributed by atoms with Crippen LogP contribution in [0.3, 0.4) is 0 Å². The summed E-state index contributed by atoms with van der Waals surface area (Å²) in [6.45, 7) is 0.465. The van der Waals surface area contributed by atoms with Crippen LogP contribution in [-0.2, 0) is 16.1 Å². The van der Waals surface area contributed by atoms with Gasteiger partial charge in [-0.2, -0.15) is 5.10 Å². The molecule has 0 unspecified atom stereocenters. The van der Waals surface area contributed by atoms with Crippen molar-refractivity contribution < 1.29 is 14.3 Å². The molecular weight excluding hydrogens is 278 g/mol. The molecular formula is C13H15N3O3S. The molecule has 20 heavy (non-hydrogen) atoms. The van der Waals surface area contributed by atoms with Crippen molar-refractivity contribution in [1.29, 1.82) is 0 Å². The second-order valence-electron chi connectivity index (χ2n) is 4.15. The Hall–Kier alpha value is -2.15. The maximum atomic E-state index is 11.2. The Morgan fingerprint density at radius 3 is 3.00 bits per heavy atom. The number of nitrogens with zero attached hydrogens (tertiary/aromatic N) is 2. The number of ether oxygens (including phenoxy) is 1. The summed E-state index contributed by atoms with van der Waals surface area (Å²) in [5.74, 6) is 0.0538. The Morgan fingerprint density at radius 2 is 2.40 bits per heavy atom. The van der Waals surface area contributed by atoms with E-state index >= 15 is 0 Å². The average Bonchev–Trinajstić information content (AvgIpc) is 3.07. The number of hydrogen-bond donors (Lipinski definition) is 1. The summed E-state index contributed by atoms with van der Waals surface area (Å²) in [7, 11) is 1.35. The van der Waals surface area contributed by atoms with Gasteiger partial charge in [-0.3, -0.25) is 9.59 Å². The summed E-state index contributed by atoms with van der Waals surface area (Å²) in [5, 5.41) is 6.28. The van der Waals surface area contributed by atoms with Gasteiger partial charge >= 0.3 is 5.97 Å². The first-order valence-electron chi connectivity index (χ1n) is 6.09. The minimum absolute atomic E-state index is 0.273. The number of aldehydes is 1. The molecule has 0 fully saturated rings. The summed E-state index contributed by atoms with van der Waals surface area (Å²) in [6, 6.07) is 3.78. The normalized spacial score (nSPS) is 10.4. The molecule has 2 N–H and O–H groups in total. The fraction of sp³-hybridized carbons (Fsp3) is 0.308. The maximum absolute atomic E-state index is 11.2. The van der Waals surface area contributed by atoms with E-state index in [1.54, 1.807) is 4.68 Å². The monoisotopic (exact) mass is 293 g/mol. The number of carbonyl (C=O) groups excluding carboxylic acids is 2. The summed E-state index contributed by atoms with van der Waals surface area (Å²) < 4.78 is 6.13. The van der Waals surface area contributed by atoms with Crippen LogP contribution in [-0.4, -0.2) is 29.1 Å². The first kappa shape index (κ1) is 14.3. The lowest BCUT2D eigenvalue weighted by Gasteiger charge is -2.03. The van der Waals surface area contributed by atoms with Gasteiger partial charge in [0.05, 0.1) is 17.6 Å². The van der Waals surface area contributed by atoms with Crippen LogP contribution in [0.5, 0.6) is 0 Å². The van der Waals surface area contributed by atoms with Crippen molar-refractivity contribution >= 4 is 29.4 Å². The van der Waals surface area contributed by atoms with Crippen LogP contribution in [0.25, 0.3) is 10.6 Å². The number of nitrogens with two attached hydrogens (primary N) is 1. The third-order valence-corrected chi connectivity index (χ3v) is 3.76. The molecule has 6 nitrogen and oxygen atoms in total. The molecule has 0 aliphatic rings. The number of esters is 1. The molecule has 0 bridgehead atoms. The van der Waals surface area contributed by atoms with Crippen LogP contribution >= 0.6 is 11.3 Å². The Balaban J connectivity index is 2.18. The van der Waals surface area contributed by atoms with Gasteiger partial charge < -0.3 is 10.5 Å². The fourth-order valence-corrected chi connectivity index (χ4v) is 2.57. The van der Waals surface area contributed by atoms with E-state index < -0.39 is 0 Å². The van der Waals surface area contributed by atoms with E-state index in [0.717, 1.165) is 4.88 Å². The van der Waals surface area contributed by atoms with Gasteiger partial charge in [-0.15, -0.1) is 11.3 Å². The lowest BCUT2D eigenvalue weighted by Crippen LogP contribution is -2.08. The standard InChI is InChI=1S/C13H15N3O3S/c1-19-11(18)5-2-6-16-13(14)9(8-17)12(15-16)10-4-3-7-20-10/h3-4,7-8H,2,5-6,14H2,1H3. The molecule has 0 amide bonds. The van der Waals surface area contributed by atoms with Crippen molar-refractivity contribution in [2.24, 2.45) is 0 Å². The summed E-state index contributed by atoms with van der Waals surface area (Å²) in [6.07, 6.45) is 1.56.